The second-order valence-electron chi connectivity index (χ2n) is 5.97. The zero-order valence-corrected chi connectivity index (χ0v) is 16.1. The number of terminal acetylenes is 1. The zero-order chi connectivity index (χ0) is 18.5. The highest BCUT2D eigenvalue weighted by Crippen LogP contribution is 2.31. The maximum Gasteiger partial charge on any atom is 0.234 e. The van der Waals surface area contributed by atoms with E-state index in [0.717, 1.165) is 37.6 Å². The van der Waals surface area contributed by atoms with Gasteiger partial charge in [-0.05, 0) is 38.0 Å². The molecule has 1 saturated heterocycles. The molecule has 1 amide bonds. The van der Waals surface area contributed by atoms with E-state index < -0.39 is 0 Å². The van der Waals surface area contributed by atoms with E-state index in [1.807, 2.05) is 35.8 Å². The fourth-order valence-corrected chi connectivity index (χ4v) is 3.87. The summed E-state index contributed by atoms with van der Waals surface area (Å²) in [4.78, 5) is 14.4. The van der Waals surface area contributed by atoms with Gasteiger partial charge in [0.2, 0.25) is 11.9 Å². The lowest BCUT2D eigenvalue weighted by Gasteiger charge is -2.19. The van der Waals surface area contributed by atoms with Crippen molar-refractivity contribution in [3.8, 4) is 18.0 Å². The summed E-state index contributed by atoms with van der Waals surface area (Å²) in [7, 11) is 0. The lowest BCUT2D eigenvalue weighted by Crippen LogP contribution is -2.31. The van der Waals surface area contributed by atoms with Crippen LogP contribution in [0.3, 0.4) is 0 Å². The van der Waals surface area contributed by atoms with Crippen molar-refractivity contribution in [2.24, 2.45) is 0 Å². The van der Waals surface area contributed by atoms with Gasteiger partial charge in [0.05, 0.1) is 17.5 Å². The summed E-state index contributed by atoms with van der Waals surface area (Å²) in [6.45, 7) is 3.93. The molecule has 3 rings (SSSR count). The summed E-state index contributed by atoms with van der Waals surface area (Å²) in [6.07, 6.45) is 7.47. The summed E-state index contributed by atoms with van der Waals surface area (Å²) in [5.41, 5.74) is 0.878. The lowest BCUT2D eigenvalue weighted by molar-refractivity contribution is -0.120. The normalized spacial score (nSPS) is 14.9. The highest BCUT2D eigenvalue weighted by atomic mass is 35.5. The van der Waals surface area contributed by atoms with Gasteiger partial charge in [-0.3, -0.25) is 9.36 Å². The quantitative estimate of drug-likeness (QED) is 0.608. The van der Waals surface area contributed by atoms with Crippen LogP contribution in [-0.2, 0) is 4.79 Å². The van der Waals surface area contributed by atoms with E-state index in [0.29, 0.717) is 10.2 Å². The van der Waals surface area contributed by atoms with Crippen LogP contribution in [0.15, 0.2) is 29.4 Å². The molecule has 1 aliphatic heterocycles. The molecule has 2 heterocycles. The van der Waals surface area contributed by atoms with E-state index >= 15 is 0 Å². The maximum atomic E-state index is 12.2. The number of benzene rings is 1. The fourth-order valence-electron chi connectivity index (χ4n) is 2.80. The molecule has 0 saturated carbocycles. The minimum absolute atomic E-state index is 0.128. The van der Waals surface area contributed by atoms with E-state index in [1.165, 1.54) is 11.8 Å². The molecule has 1 fully saturated rings. The minimum Gasteiger partial charge on any atom is -0.344 e. The molecular formula is C18H20ClN5OS. The van der Waals surface area contributed by atoms with Crippen LogP contribution in [-0.4, -0.2) is 45.6 Å². The Morgan fingerprint density at radius 1 is 1.42 bits per heavy atom. The van der Waals surface area contributed by atoms with Crippen molar-refractivity contribution in [3.05, 3.63) is 29.3 Å². The monoisotopic (exact) mass is 389 g/mol. The van der Waals surface area contributed by atoms with Crippen LogP contribution in [0.5, 0.6) is 0 Å². The van der Waals surface area contributed by atoms with Crippen molar-refractivity contribution in [3.63, 3.8) is 0 Å². The van der Waals surface area contributed by atoms with E-state index in [9.17, 15) is 4.79 Å². The van der Waals surface area contributed by atoms with Crippen molar-refractivity contribution in [2.75, 3.05) is 24.5 Å². The van der Waals surface area contributed by atoms with Crippen LogP contribution in [0.4, 0.5) is 5.95 Å². The summed E-state index contributed by atoms with van der Waals surface area (Å²) in [5.74, 6) is 3.06. The number of aromatic nitrogens is 3. The van der Waals surface area contributed by atoms with Gasteiger partial charge in [-0.15, -0.1) is 16.6 Å². The Kier molecular flexibility index (Phi) is 6.07. The number of anilines is 1. The SMILES string of the molecule is C#CCNC(=O)C(C)Sc1nnc(N2CCCC2)n1-c1cccc(Cl)c1. The number of rotatable bonds is 6. The molecule has 26 heavy (non-hydrogen) atoms. The second-order valence-corrected chi connectivity index (χ2v) is 7.72. The molecule has 1 aliphatic rings. The predicted molar refractivity (Wildman–Crippen MR) is 105 cm³/mol. The molecule has 0 spiro atoms. The third-order valence-corrected chi connectivity index (χ3v) is 5.37. The van der Waals surface area contributed by atoms with Crippen LogP contribution >= 0.6 is 23.4 Å². The number of hydrogen-bond donors (Lipinski definition) is 1. The van der Waals surface area contributed by atoms with Crippen LogP contribution in [0, 0.1) is 12.3 Å². The van der Waals surface area contributed by atoms with E-state index in [4.69, 9.17) is 18.0 Å². The van der Waals surface area contributed by atoms with E-state index in [2.05, 4.69) is 26.3 Å². The molecule has 1 unspecified atom stereocenters. The number of nitrogens with zero attached hydrogens (tertiary/aromatic N) is 4. The molecule has 0 aliphatic carbocycles. The van der Waals surface area contributed by atoms with Gasteiger partial charge in [0.25, 0.3) is 0 Å². The Labute approximate surface area is 162 Å². The number of amides is 1. The first-order valence-electron chi connectivity index (χ1n) is 8.44. The van der Waals surface area contributed by atoms with Gasteiger partial charge >= 0.3 is 0 Å². The molecule has 0 bridgehead atoms. The largest absolute Gasteiger partial charge is 0.344 e. The molecule has 136 valence electrons. The first-order chi connectivity index (χ1) is 12.6. The van der Waals surface area contributed by atoms with Crippen molar-refractivity contribution >= 4 is 35.2 Å². The number of carbonyl (C=O) groups excluding carboxylic acids is 1. The van der Waals surface area contributed by atoms with Gasteiger partial charge in [-0.1, -0.05) is 35.3 Å². The van der Waals surface area contributed by atoms with Crippen LogP contribution < -0.4 is 10.2 Å². The van der Waals surface area contributed by atoms with E-state index in [-0.39, 0.29) is 17.7 Å². The van der Waals surface area contributed by atoms with Gasteiger partial charge in [0.1, 0.15) is 0 Å². The fraction of sp³-hybridized carbons (Fsp3) is 0.389. The maximum absolute atomic E-state index is 12.2. The zero-order valence-electron chi connectivity index (χ0n) is 14.5. The first kappa shape index (κ1) is 18.6. The minimum atomic E-state index is -0.350. The van der Waals surface area contributed by atoms with Crippen LogP contribution in [0.2, 0.25) is 5.02 Å². The van der Waals surface area contributed by atoms with Gasteiger partial charge in [0.15, 0.2) is 5.16 Å². The van der Waals surface area contributed by atoms with Crippen molar-refractivity contribution in [2.45, 2.75) is 30.2 Å². The molecule has 1 N–H and O–H groups in total. The average molecular weight is 390 g/mol. The van der Waals surface area contributed by atoms with Crippen molar-refractivity contribution in [1.82, 2.24) is 20.1 Å². The summed E-state index contributed by atoms with van der Waals surface area (Å²) in [6, 6.07) is 7.55. The molecule has 1 atom stereocenters. The Morgan fingerprint density at radius 2 is 2.19 bits per heavy atom. The molecular weight excluding hydrogens is 370 g/mol. The Bertz CT molecular complexity index is 825. The molecule has 8 heteroatoms. The molecule has 2 aromatic rings. The number of hydrogen-bond acceptors (Lipinski definition) is 5. The Hall–Kier alpha value is -2.17. The van der Waals surface area contributed by atoms with E-state index in [1.54, 1.807) is 0 Å². The van der Waals surface area contributed by atoms with Crippen LogP contribution in [0.25, 0.3) is 5.69 Å². The average Bonchev–Trinajstić information content (AvgIpc) is 3.29. The van der Waals surface area contributed by atoms with Gasteiger partial charge in [-0.2, -0.15) is 0 Å². The first-order valence-corrected chi connectivity index (χ1v) is 9.70. The van der Waals surface area contributed by atoms with Crippen molar-refractivity contribution < 1.29 is 4.79 Å². The summed E-state index contributed by atoms with van der Waals surface area (Å²) in [5, 5.41) is 12.4. The standard InChI is InChI=1S/C18H20ClN5OS/c1-3-9-20-16(25)13(2)26-18-22-21-17(23-10-4-5-11-23)24(18)15-8-6-7-14(19)12-15/h1,6-8,12-13H,4-5,9-11H2,2H3,(H,20,25). The highest BCUT2D eigenvalue weighted by molar-refractivity contribution is 8.00. The smallest absolute Gasteiger partial charge is 0.234 e. The summed E-state index contributed by atoms with van der Waals surface area (Å²) >= 11 is 7.53. The molecule has 0 radical (unpaired) electrons. The summed E-state index contributed by atoms with van der Waals surface area (Å²) < 4.78 is 1.97. The molecule has 6 nitrogen and oxygen atoms in total. The molecule has 1 aromatic heterocycles. The Balaban J connectivity index is 1.92. The lowest BCUT2D eigenvalue weighted by atomic mass is 10.3. The van der Waals surface area contributed by atoms with Gasteiger partial charge < -0.3 is 10.2 Å². The predicted octanol–water partition coefficient (Wildman–Crippen LogP) is 2.75. The number of nitrogens with one attached hydrogen (secondary N) is 1. The number of halogens is 1. The topological polar surface area (TPSA) is 63.1 Å². The molecule has 1 aromatic carbocycles. The third kappa shape index (κ3) is 4.14. The van der Waals surface area contributed by atoms with Crippen LogP contribution in [0.1, 0.15) is 19.8 Å². The third-order valence-electron chi connectivity index (χ3n) is 4.09. The Morgan fingerprint density at radius 3 is 2.88 bits per heavy atom. The number of carbonyl (C=O) groups is 1. The second kappa shape index (κ2) is 8.47. The van der Waals surface area contributed by atoms with Gasteiger partial charge in [-0.25, -0.2) is 0 Å². The number of thioether (sulfide) groups is 1. The van der Waals surface area contributed by atoms with Gasteiger partial charge in [0, 0.05) is 18.1 Å². The highest BCUT2D eigenvalue weighted by Gasteiger charge is 2.25. The van der Waals surface area contributed by atoms with Crippen molar-refractivity contribution in [1.29, 1.82) is 0 Å².